The first-order valence-electron chi connectivity index (χ1n) is 8.24. The Labute approximate surface area is 147 Å². The zero-order valence-electron chi connectivity index (χ0n) is 15.3. The highest BCUT2D eigenvalue weighted by Crippen LogP contribution is 2.22. The van der Waals surface area contributed by atoms with E-state index in [0.29, 0.717) is 11.5 Å². The van der Waals surface area contributed by atoms with Gasteiger partial charge in [0.15, 0.2) is 0 Å². The summed E-state index contributed by atoms with van der Waals surface area (Å²) in [7, 11) is 0. The number of nitrogens with zero attached hydrogens (tertiary/aromatic N) is 2. The fraction of sp³-hybridized carbons (Fsp3) is 0.421. The molecule has 1 aromatic carbocycles. The maximum atomic E-state index is 12.7. The zero-order chi connectivity index (χ0) is 18.6. The van der Waals surface area contributed by atoms with Gasteiger partial charge in [0.05, 0.1) is 24.9 Å². The molecule has 6 heteroatoms. The summed E-state index contributed by atoms with van der Waals surface area (Å²) in [5.41, 5.74) is 1.65. The van der Waals surface area contributed by atoms with E-state index >= 15 is 0 Å². The number of imidazole rings is 1. The number of carbonyl (C=O) groups is 2. The molecule has 0 radical (unpaired) electrons. The summed E-state index contributed by atoms with van der Waals surface area (Å²) in [6.07, 6.45) is 0.891. The van der Waals surface area contributed by atoms with Crippen molar-refractivity contribution in [3.05, 3.63) is 41.7 Å². The van der Waals surface area contributed by atoms with E-state index in [4.69, 9.17) is 9.47 Å². The molecule has 1 aromatic heterocycles. The van der Waals surface area contributed by atoms with Crippen LogP contribution in [0.5, 0.6) is 0 Å². The van der Waals surface area contributed by atoms with Gasteiger partial charge in [-0.1, -0.05) is 29.8 Å². The molecule has 0 fully saturated rings. The molecule has 0 spiro atoms. The Morgan fingerprint density at radius 2 is 1.80 bits per heavy atom. The molecule has 0 bridgehead atoms. The van der Waals surface area contributed by atoms with Crippen molar-refractivity contribution >= 4 is 12.1 Å². The van der Waals surface area contributed by atoms with Gasteiger partial charge in [-0.15, -0.1) is 0 Å². The van der Waals surface area contributed by atoms with Crippen LogP contribution < -0.4 is 0 Å². The van der Waals surface area contributed by atoms with E-state index in [0.717, 1.165) is 11.1 Å². The number of rotatable bonds is 4. The monoisotopic (exact) mass is 344 g/mol. The first-order valence-corrected chi connectivity index (χ1v) is 8.24. The molecule has 0 saturated heterocycles. The van der Waals surface area contributed by atoms with Gasteiger partial charge in [0, 0.05) is 5.56 Å². The van der Waals surface area contributed by atoms with Crippen LogP contribution in [0.15, 0.2) is 30.5 Å². The molecule has 134 valence electrons. The molecule has 0 N–H and O–H groups in total. The number of carbonyl (C=O) groups excluding carboxylic acids is 2. The van der Waals surface area contributed by atoms with Gasteiger partial charge < -0.3 is 9.47 Å². The van der Waals surface area contributed by atoms with Crippen LogP contribution in [-0.2, 0) is 20.7 Å². The molecular formula is C19H24N2O4. The smallest absolute Gasteiger partial charge is 0.420 e. The number of ether oxygens (including phenoxy) is 2. The molecule has 2 aromatic rings. The van der Waals surface area contributed by atoms with Crippen molar-refractivity contribution < 1.29 is 19.1 Å². The van der Waals surface area contributed by atoms with Crippen molar-refractivity contribution in [2.45, 2.75) is 46.6 Å². The van der Waals surface area contributed by atoms with Crippen LogP contribution in [0.4, 0.5) is 4.79 Å². The van der Waals surface area contributed by atoms with Gasteiger partial charge in [-0.25, -0.2) is 14.3 Å². The van der Waals surface area contributed by atoms with E-state index in [1.54, 1.807) is 27.7 Å². The predicted octanol–water partition coefficient (Wildman–Crippen LogP) is 3.75. The molecular weight excluding hydrogens is 320 g/mol. The SMILES string of the molecule is CCOC(=O)Cc1cnc(-c2ccc(C)cc2)n1C(=O)OC(C)(C)C. The van der Waals surface area contributed by atoms with E-state index < -0.39 is 17.7 Å². The highest BCUT2D eigenvalue weighted by atomic mass is 16.6. The first kappa shape index (κ1) is 18.7. The lowest BCUT2D eigenvalue weighted by Crippen LogP contribution is -2.29. The maximum absolute atomic E-state index is 12.7. The lowest BCUT2D eigenvalue weighted by atomic mass is 10.1. The molecule has 0 unspecified atom stereocenters. The number of aromatic nitrogens is 2. The van der Waals surface area contributed by atoms with Crippen LogP contribution in [0.2, 0.25) is 0 Å². The largest absolute Gasteiger partial charge is 0.466 e. The average molecular weight is 344 g/mol. The Kier molecular flexibility index (Phi) is 5.62. The van der Waals surface area contributed by atoms with Gasteiger partial charge in [-0.3, -0.25) is 4.79 Å². The Balaban J connectivity index is 2.45. The van der Waals surface area contributed by atoms with Gasteiger partial charge >= 0.3 is 12.1 Å². The second-order valence-electron chi connectivity index (χ2n) is 6.74. The van der Waals surface area contributed by atoms with Crippen LogP contribution in [0.1, 0.15) is 39.0 Å². The van der Waals surface area contributed by atoms with Gasteiger partial charge in [0.1, 0.15) is 11.4 Å². The van der Waals surface area contributed by atoms with Gasteiger partial charge in [-0.05, 0) is 34.6 Å². The quantitative estimate of drug-likeness (QED) is 0.790. The summed E-state index contributed by atoms with van der Waals surface area (Å²) < 4.78 is 11.8. The second-order valence-corrected chi connectivity index (χ2v) is 6.74. The highest BCUT2D eigenvalue weighted by molar-refractivity contribution is 5.80. The Bertz CT molecular complexity index is 755. The van der Waals surface area contributed by atoms with Gasteiger partial charge in [0.25, 0.3) is 0 Å². The van der Waals surface area contributed by atoms with Crippen LogP contribution in [0.3, 0.4) is 0 Å². The molecule has 25 heavy (non-hydrogen) atoms. The Hall–Kier alpha value is -2.63. The molecule has 0 amide bonds. The van der Waals surface area contributed by atoms with E-state index in [-0.39, 0.29) is 13.0 Å². The second kappa shape index (κ2) is 7.51. The number of hydrogen-bond acceptors (Lipinski definition) is 5. The van der Waals surface area contributed by atoms with E-state index in [2.05, 4.69) is 4.98 Å². The Morgan fingerprint density at radius 1 is 1.16 bits per heavy atom. The maximum Gasteiger partial charge on any atom is 0.420 e. The van der Waals surface area contributed by atoms with Crippen molar-refractivity contribution in [2.24, 2.45) is 0 Å². The van der Waals surface area contributed by atoms with Crippen molar-refractivity contribution in [1.29, 1.82) is 0 Å². The van der Waals surface area contributed by atoms with Crippen molar-refractivity contribution in [3.63, 3.8) is 0 Å². The molecule has 0 aliphatic rings. The summed E-state index contributed by atoms with van der Waals surface area (Å²) in [5.74, 6) is 0.0243. The zero-order valence-corrected chi connectivity index (χ0v) is 15.3. The third kappa shape index (κ3) is 4.92. The summed E-state index contributed by atoms with van der Waals surface area (Å²) in [4.78, 5) is 28.9. The third-order valence-corrected chi connectivity index (χ3v) is 3.35. The fourth-order valence-electron chi connectivity index (χ4n) is 2.29. The lowest BCUT2D eigenvalue weighted by molar-refractivity contribution is -0.142. The molecule has 0 saturated carbocycles. The van der Waals surface area contributed by atoms with E-state index in [1.807, 2.05) is 31.2 Å². The van der Waals surface area contributed by atoms with Gasteiger partial charge in [0.2, 0.25) is 0 Å². The summed E-state index contributed by atoms with van der Waals surface area (Å²) >= 11 is 0. The lowest BCUT2D eigenvalue weighted by Gasteiger charge is -2.21. The number of benzene rings is 1. The normalized spacial score (nSPS) is 11.2. The Morgan fingerprint density at radius 3 is 2.36 bits per heavy atom. The van der Waals surface area contributed by atoms with Crippen LogP contribution in [0.25, 0.3) is 11.4 Å². The summed E-state index contributed by atoms with van der Waals surface area (Å²) in [5, 5.41) is 0. The minimum atomic E-state index is -0.660. The standard InChI is InChI=1S/C19H24N2O4/c1-6-24-16(22)11-15-12-20-17(14-9-7-13(2)8-10-14)21(15)18(23)25-19(3,4)5/h7-10,12H,6,11H2,1-5H3. The van der Waals surface area contributed by atoms with Crippen molar-refractivity contribution in [1.82, 2.24) is 9.55 Å². The third-order valence-electron chi connectivity index (χ3n) is 3.35. The van der Waals surface area contributed by atoms with E-state index in [1.165, 1.54) is 10.8 Å². The van der Waals surface area contributed by atoms with Crippen molar-refractivity contribution in [2.75, 3.05) is 6.61 Å². The topological polar surface area (TPSA) is 70.4 Å². The minimum Gasteiger partial charge on any atom is -0.466 e. The first-order chi connectivity index (χ1) is 11.7. The molecule has 0 atom stereocenters. The number of hydrogen-bond donors (Lipinski definition) is 0. The number of esters is 1. The molecule has 6 nitrogen and oxygen atoms in total. The minimum absolute atomic E-state index is 0.0497. The highest BCUT2D eigenvalue weighted by Gasteiger charge is 2.25. The molecule has 1 heterocycles. The van der Waals surface area contributed by atoms with Crippen LogP contribution in [-0.4, -0.2) is 33.8 Å². The molecule has 0 aliphatic heterocycles. The average Bonchev–Trinajstić information content (AvgIpc) is 2.90. The summed E-state index contributed by atoms with van der Waals surface area (Å²) in [6, 6.07) is 7.64. The molecule has 0 aliphatic carbocycles. The number of aryl methyl sites for hydroxylation is 1. The van der Waals surface area contributed by atoms with Crippen LogP contribution >= 0.6 is 0 Å². The van der Waals surface area contributed by atoms with Crippen LogP contribution in [0, 0.1) is 6.92 Å². The summed E-state index contributed by atoms with van der Waals surface area (Å²) in [6.45, 7) is 9.37. The fourth-order valence-corrected chi connectivity index (χ4v) is 2.29. The molecule has 2 rings (SSSR count). The van der Waals surface area contributed by atoms with Gasteiger partial charge in [-0.2, -0.15) is 0 Å². The predicted molar refractivity (Wildman–Crippen MR) is 94.4 cm³/mol. The van der Waals surface area contributed by atoms with Crippen molar-refractivity contribution in [3.8, 4) is 11.4 Å². The van der Waals surface area contributed by atoms with E-state index in [9.17, 15) is 9.59 Å².